The molecule has 0 aliphatic carbocycles. The van der Waals surface area contributed by atoms with Gasteiger partial charge in [0.05, 0.1) is 18.4 Å². The predicted molar refractivity (Wildman–Crippen MR) is 112 cm³/mol. The first-order chi connectivity index (χ1) is 13.0. The van der Waals surface area contributed by atoms with Gasteiger partial charge in [0.15, 0.2) is 5.43 Å². The van der Waals surface area contributed by atoms with Gasteiger partial charge in [-0.05, 0) is 49.2 Å². The molecule has 1 amide bonds. The Morgan fingerprint density at radius 1 is 1.11 bits per heavy atom. The summed E-state index contributed by atoms with van der Waals surface area (Å²) in [4.78, 5) is 27.9. The van der Waals surface area contributed by atoms with Gasteiger partial charge in [-0.25, -0.2) is 0 Å². The summed E-state index contributed by atoms with van der Waals surface area (Å²) in [5, 5.41) is 3.59. The zero-order valence-corrected chi connectivity index (χ0v) is 16.4. The van der Waals surface area contributed by atoms with Crippen LogP contribution in [0, 0.1) is 13.8 Å². The lowest BCUT2D eigenvalue weighted by Gasteiger charge is -2.09. The summed E-state index contributed by atoms with van der Waals surface area (Å²) < 4.78 is 5.10. The number of aromatic nitrogens is 1. The largest absolute Gasteiger partial charge is 0.497 e. The van der Waals surface area contributed by atoms with Crippen molar-refractivity contribution < 1.29 is 9.53 Å². The average molecular weight is 382 g/mol. The lowest BCUT2D eigenvalue weighted by molar-refractivity contribution is -0.113. The molecule has 6 heteroatoms. The lowest BCUT2D eigenvalue weighted by atomic mass is 10.0. The molecule has 27 heavy (non-hydrogen) atoms. The first-order valence-corrected chi connectivity index (χ1v) is 9.77. The Balaban J connectivity index is 1.62. The molecule has 0 saturated heterocycles. The Hall–Kier alpha value is -2.73. The Morgan fingerprint density at radius 2 is 1.81 bits per heavy atom. The number of H-pyrrole nitrogens is 1. The molecule has 0 saturated carbocycles. The van der Waals surface area contributed by atoms with E-state index in [4.69, 9.17) is 4.74 Å². The number of carbonyl (C=O) groups is 1. The van der Waals surface area contributed by atoms with Crippen LogP contribution in [0.25, 0.3) is 10.9 Å². The number of carbonyl (C=O) groups excluding carboxylic acids is 1. The van der Waals surface area contributed by atoms with Crippen LogP contribution in [0.2, 0.25) is 0 Å². The highest BCUT2D eigenvalue weighted by Crippen LogP contribution is 2.20. The van der Waals surface area contributed by atoms with Gasteiger partial charge in [0.2, 0.25) is 5.91 Å². The smallest absolute Gasteiger partial charge is 0.234 e. The summed E-state index contributed by atoms with van der Waals surface area (Å²) in [7, 11) is 1.60. The van der Waals surface area contributed by atoms with Crippen molar-refractivity contribution in [3.63, 3.8) is 0 Å². The molecule has 0 unspecified atom stereocenters. The average Bonchev–Trinajstić information content (AvgIpc) is 2.65. The lowest BCUT2D eigenvalue weighted by Crippen LogP contribution is -2.14. The van der Waals surface area contributed by atoms with Gasteiger partial charge in [-0.3, -0.25) is 9.59 Å². The fourth-order valence-corrected chi connectivity index (χ4v) is 3.65. The van der Waals surface area contributed by atoms with Crippen LogP contribution in [0.15, 0.2) is 47.3 Å². The van der Waals surface area contributed by atoms with E-state index in [2.05, 4.69) is 10.3 Å². The zero-order chi connectivity index (χ0) is 19.4. The summed E-state index contributed by atoms with van der Waals surface area (Å²) in [6.45, 7) is 3.92. The maximum atomic E-state index is 12.4. The third kappa shape index (κ3) is 4.52. The number of aryl methyl sites for hydroxylation is 2. The maximum Gasteiger partial charge on any atom is 0.234 e. The third-order valence-corrected chi connectivity index (χ3v) is 5.31. The maximum absolute atomic E-state index is 12.4. The molecule has 0 radical (unpaired) electrons. The molecule has 5 nitrogen and oxygen atoms in total. The fraction of sp³-hybridized carbons (Fsp3) is 0.238. The molecule has 2 N–H and O–H groups in total. The van der Waals surface area contributed by atoms with Crippen LogP contribution in [0.4, 0.5) is 5.69 Å². The molecule has 0 aliphatic rings. The van der Waals surface area contributed by atoms with E-state index in [1.54, 1.807) is 37.4 Å². The molecule has 1 aromatic heterocycles. The van der Waals surface area contributed by atoms with Crippen LogP contribution in [-0.4, -0.2) is 23.8 Å². The van der Waals surface area contributed by atoms with Gasteiger partial charge in [0.1, 0.15) is 5.75 Å². The van der Waals surface area contributed by atoms with Crippen LogP contribution >= 0.6 is 11.8 Å². The molecule has 0 fully saturated rings. The first kappa shape index (κ1) is 19.0. The number of rotatable bonds is 6. The third-order valence-electron chi connectivity index (χ3n) is 4.32. The van der Waals surface area contributed by atoms with E-state index in [1.807, 2.05) is 26.0 Å². The van der Waals surface area contributed by atoms with E-state index >= 15 is 0 Å². The monoisotopic (exact) mass is 382 g/mol. The Bertz CT molecular complexity index is 1030. The first-order valence-electron chi connectivity index (χ1n) is 8.61. The van der Waals surface area contributed by atoms with Gasteiger partial charge < -0.3 is 15.0 Å². The number of thioether (sulfide) groups is 1. The minimum Gasteiger partial charge on any atom is -0.497 e. The van der Waals surface area contributed by atoms with Crippen LogP contribution in [0.3, 0.4) is 0 Å². The van der Waals surface area contributed by atoms with Crippen molar-refractivity contribution >= 4 is 34.3 Å². The van der Waals surface area contributed by atoms with E-state index in [9.17, 15) is 9.59 Å². The van der Waals surface area contributed by atoms with Gasteiger partial charge in [-0.1, -0.05) is 12.1 Å². The van der Waals surface area contributed by atoms with Crippen molar-refractivity contribution in [1.29, 1.82) is 0 Å². The number of aromatic amines is 1. The van der Waals surface area contributed by atoms with Crippen molar-refractivity contribution in [1.82, 2.24) is 4.98 Å². The van der Waals surface area contributed by atoms with E-state index in [-0.39, 0.29) is 11.3 Å². The summed E-state index contributed by atoms with van der Waals surface area (Å²) in [5.74, 6) is 1.53. The fourth-order valence-electron chi connectivity index (χ4n) is 2.92. The minimum absolute atomic E-state index is 0.0169. The quantitative estimate of drug-likeness (QED) is 0.675. The number of amides is 1. The number of hydrogen-bond acceptors (Lipinski definition) is 4. The number of anilines is 1. The van der Waals surface area contributed by atoms with E-state index in [0.717, 1.165) is 39.2 Å². The SMILES string of the molecule is COc1ccc(NC(=O)CSCc2cc(=O)c3c(C)ccc(C)c3[nH]2)cc1. The van der Waals surface area contributed by atoms with Gasteiger partial charge >= 0.3 is 0 Å². The van der Waals surface area contributed by atoms with Crippen molar-refractivity contribution in [2.24, 2.45) is 0 Å². The Morgan fingerprint density at radius 3 is 2.52 bits per heavy atom. The standard InChI is InChI=1S/C21H22N2O3S/c1-13-4-5-14(2)21-20(13)18(24)10-16(23-21)11-27-12-19(25)22-15-6-8-17(26-3)9-7-15/h4-10H,11-12H2,1-3H3,(H,22,25)(H,23,24). The second-order valence-electron chi connectivity index (χ2n) is 6.38. The van der Waals surface area contributed by atoms with E-state index in [0.29, 0.717) is 11.5 Å². The number of hydrogen-bond donors (Lipinski definition) is 2. The van der Waals surface area contributed by atoms with Gasteiger partial charge in [-0.2, -0.15) is 0 Å². The molecule has 140 valence electrons. The highest BCUT2D eigenvalue weighted by Gasteiger charge is 2.09. The summed E-state index contributed by atoms with van der Waals surface area (Å²) in [6, 6.07) is 12.8. The van der Waals surface area contributed by atoms with Gasteiger partial charge in [-0.15, -0.1) is 11.8 Å². The molecule has 0 spiro atoms. The van der Waals surface area contributed by atoms with Crippen molar-refractivity contribution in [3.8, 4) is 5.75 Å². The topological polar surface area (TPSA) is 71.2 Å². The van der Waals surface area contributed by atoms with Crippen LogP contribution in [0.1, 0.15) is 16.8 Å². The zero-order valence-electron chi connectivity index (χ0n) is 15.6. The number of nitrogens with one attached hydrogen (secondary N) is 2. The van der Waals surface area contributed by atoms with Crippen LogP contribution in [-0.2, 0) is 10.5 Å². The predicted octanol–water partition coefficient (Wildman–Crippen LogP) is 4.03. The summed E-state index contributed by atoms with van der Waals surface area (Å²) in [6.07, 6.45) is 0. The normalized spacial score (nSPS) is 10.8. The van der Waals surface area contributed by atoms with Gasteiger partial charge in [0.25, 0.3) is 0 Å². The Labute approximate surface area is 162 Å². The number of fused-ring (bicyclic) bond motifs is 1. The molecule has 3 aromatic rings. The number of methoxy groups -OCH3 is 1. The number of benzene rings is 2. The molecule has 0 atom stereocenters. The van der Waals surface area contributed by atoms with Crippen molar-refractivity contribution in [2.45, 2.75) is 19.6 Å². The molecule has 2 aromatic carbocycles. The summed E-state index contributed by atoms with van der Waals surface area (Å²) in [5.41, 5.74) is 4.45. The second-order valence-corrected chi connectivity index (χ2v) is 7.36. The van der Waals surface area contributed by atoms with Crippen molar-refractivity contribution in [3.05, 3.63) is 69.5 Å². The van der Waals surface area contributed by atoms with Crippen LogP contribution in [0.5, 0.6) is 5.75 Å². The molecule has 0 bridgehead atoms. The van der Waals surface area contributed by atoms with Gasteiger partial charge in [0, 0.05) is 28.6 Å². The molecule has 3 rings (SSSR count). The van der Waals surface area contributed by atoms with E-state index < -0.39 is 0 Å². The molecule has 0 aliphatic heterocycles. The molecule has 1 heterocycles. The van der Waals surface area contributed by atoms with E-state index in [1.165, 1.54) is 11.8 Å². The van der Waals surface area contributed by atoms with Crippen molar-refractivity contribution in [2.75, 3.05) is 18.2 Å². The molecular weight excluding hydrogens is 360 g/mol. The molecular formula is C21H22N2O3S. The highest BCUT2D eigenvalue weighted by atomic mass is 32.2. The summed E-state index contributed by atoms with van der Waals surface area (Å²) >= 11 is 1.46. The number of pyridine rings is 1. The van der Waals surface area contributed by atoms with Crippen LogP contribution < -0.4 is 15.5 Å². The minimum atomic E-state index is -0.0830. The second kappa shape index (κ2) is 8.31. The highest BCUT2D eigenvalue weighted by molar-refractivity contribution is 7.99. The number of ether oxygens (including phenoxy) is 1. The Kier molecular flexibility index (Phi) is 5.86.